The van der Waals surface area contributed by atoms with Crippen LogP contribution in [0.5, 0.6) is 0 Å². The highest BCUT2D eigenvalue weighted by atomic mass is 32.1. The van der Waals surface area contributed by atoms with E-state index >= 15 is 0 Å². The first kappa shape index (κ1) is 12.8. The number of nitrogens with two attached hydrogens (primary N) is 1. The maximum atomic E-state index is 5.58. The molecule has 0 fully saturated rings. The Bertz CT molecular complexity index is 528. The van der Waals surface area contributed by atoms with Crippen LogP contribution >= 0.6 is 12.2 Å². The normalized spacial score (nSPS) is 10.5. The summed E-state index contributed by atoms with van der Waals surface area (Å²) in [5.41, 5.74) is 7.72. The molecule has 0 saturated carbocycles. The number of hydrogen-bond acceptors (Lipinski definition) is 2. The lowest BCUT2D eigenvalue weighted by molar-refractivity contribution is 0.705. The number of nitrogens with zero attached hydrogens (tertiary/aromatic N) is 2. The fourth-order valence-electron chi connectivity index (χ4n) is 1.91. The molecule has 1 aromatic carbocycles. The number of rotatable bonds is 5. The maximum absolute atomic E-state index is 5.58. The van der Waals surface area contributed by atoms with Gasteiger partial charge in [-0.2, -0.15) is 0 Å². The van der Waals surface area contributed by atoms with Crippen LogP contribution in [0.1, 0.15) is 30.3 Å². The molecule has 0 spiro atoms. The van der Waals surface area contributed by atoms with E-state index in [1.165, 1.54) is 5.56 Å². The molecule has 0 bridgehead atoms. The van der Waals surface area contributed by atoms with E-state index in [4.69, 9.17) is 18.0 Å². The summed E-state index contributed by atoms with van der Waals surface area (Å²) in [5.74, 6) is 1.14. The molecule has 3 nitrogen and oxygen atoms in total. The van der Waals surface area contributed by atoms with Gasteiger partial charge in [0.15, 0.2) is 0 Å². The zero-order chi connectivity index (χ0) is 13.0. The molecule has 0 amide bonds. The van der Waals surface area contributed by atoms with Crippen LogP contribution in [0.2, 0.25) is 0 Å². The molecule has 1 heterocycles. The molecular weight excluding hydrogens is 242 g/mol. The van der Waals surface area contributed by atoms with Gasteiger partial charge in [0.1, 0.15) is 10.8 Å². The molecule has 2 aromatic rings. The van der Waals surface area contributed by atoms with Gasteiger partial charge in [-0.15, -0.1) is 0 Å². The molecule has 4 heteroatoms. The number of aromatic nitrogens is 2. The van der Waals surface area contributed by atoms with Gasteiger partial charge in [0.2, 0.25) is 0 Å². The second-order valence-electron chi connectivity index (χ2n) is 4.28. The standard InChI is InChI=1S/C14H17N3S/c1-2-3-13-16-8-9-17(13)10-11-4-6-12(7-5-11)14(15)18/h4-9H,2-3,10H2,1H3,(H2,15,18). The number of thiocarbonyl (C=S) groups is 1. The van der Waals surface area contributed by atoms with Crippen molar-refractivity contribution in [3.05, 3.63) is 53.6 Å². The van der Waals surface area contributed by atoms with Gasteiger partial charge < -0.3 is 10.3 Å². The summed E-state index contributed by atoms with van der Waals surface area (Å²) in [7, 11) is 0. The Hall–Kier alpha value is -1.68. The van der Waals surface area contributed by atoms with Crippen LogP contribution in [-0.4, -0.2) is 14.5 Å². The molecular formula is C14H17N3S. The number of imidazole rings is 1. The lowest BCUT2D eigenvalue weighted by Gasteiger charge is -2.08. The van der Waals surface area contributed by atoms with Crippen molar-refractivity contribution in [3.8, 4) is 0 Å². The van der Waals surface area contributed by atoms with E-state index in [0.29, 0.717) is 4.99 Å². The van der Waals surface area contributed by atoms with E-state index in [1.807, 2.05) is 24.5 Å². The van der Waals surface area contributed by atoms with Crippen molar-refractivity contribution in [3.63, 3.8) is 0 Å². The Kier molecular flexibility index (Phi) is 4.10. The Morgan fingerprint density at radius 1 is 1.33 bits per heavy atom. The van der Waals surface area contributed by atoms with Gasteiger partial charge in [-0.05, 0) is 12.0 Å². The summed E-state index contributed by atoms with van der Waals surface area (Å²) < 4.78 is 2.18. The molecule has 2 N–H and O–H groups in total. The summed E-state index contributed by atoms with van der Waals surface area (Å²) >= 11 is 4.94. The Morgan fingerprint density at radius 3 is 2.67 bits per heavy atom. The molecule has 1 aromatic heterocycles. The van der Waals surface area contributed by atoms with Crippen molar-refractivity contribution in [1.82, 2.24) is 9.55 Å². The second-order valence-corrected chi connectivity index (χ2v) is 4.72. The predicted octanol–water partition coefficient (Wildman–Crippen LogP) is 2.52. The van der Waals surface area contributed by atoms with Crippen LogP contribution < -0.4 is 5.73 Å². The molecule has 18 heavy (non-hydrogen) atoms. The van der Waals surface area contributed by atoms with E-state index in [1.54, 1.807) is 0 Å². The minimum absolute atomic E-state index is 0.441. The molecule has 94 valence electrons. The van der Waals surface area contributed by atoms with E-state index in [9.17, 15) is 0 Å². The van der Waals surface area contributed by atoms with Crippen LogP contribution in [0.4, 0.5) is 0 Å². The fraction of sp³-hybridized carbons (Fsp3) is 0.286. The topological polar surface area (TPSA) is 43.8 Å². The van der Waals surface area contributed by atoms with Gasteiger partial charge in [-0.1, -0.05) is 43.4 Å². The van der Waals surface area contributed by atoms with Gasteiger partial charge in [-0.25, -0.2) is 4.98 Å². The third kappa shape index (κ3) is 2.96. The van der Waals surface area contributed by atoms with Crippen LogP contribution in [0.25, 0.3) is 0 Å². The average molecular weight is 259 g/mol. The average Bonchev–Trinajstić information content (AvgIpc) is 2.78. The Labute approximate surface area is 113 Å². The maximum Gasteiger partial charge on any atom is 0.108 e. The third-order valence-corrected chi connectivity index (χ3v) is 3.10. The monoisotopic (exact) mass is 259 g/mol. The second kappa shape index (κ2) is 5.78. The molecule has 0 aliphatic carbocycles. The van der Waals surface area contributed by atoms with Gasteiger partial charge >= 0.3 is 0 Å². The molecule has 0 aliphatic heterocycles. The number of aryl methyl sites for hydroxylation is 1. The fourth-order valence-corrected chi connectivity index (χ4v) is 2.04. The first-order valence-electron chi connectivity index (χ1n) is 6.09. The van der Waals surface area contributed by atoms with Crippen LogP contribution in [0.15, 0.2) is 36.7 Å². The Balaban J connectivity index is 2.13. The smallest absolute Gasteiger partial charge is 0.108 e. The van der Waals surface area contributed by atoms with Crippen molar-refractivity contribution in [2.24, 2.45) is 5.73 Å². The number of hydrogen-bond donors (Lipinski definition) is 1. The summed E-state index contributed by atoms with van der Waals surface area (Å²) in [6.45, 7) is 3.00. The van der Waals surface area contributed by atoms with Crippen LogP contribution in [0.3, 0.4) is 0 Å². The molecule has 2 rings (SSSR count). The number of benzene rings is 1. The lowest BCUT2D eigenvalue weighted by atomic mass is 10.1. The van der Waals surface area contributed by atoms with Crippen molar-refractivity contribution >= 4 is 17.2 Å². The van der Waals surface area contributed by atoms with Crippen molar-refractivity contribution in [2.75, 3.05) is 0 Å². The molecule has 0 atom stereocenters. The highest BCUT2D eigenvalue weighted by molar-refractivity contribution is 7.80. The van der Waals surface area contributed by atoms with Gasteiger partial charge in [0, 0.05) is 30.9 Å². The van der Waals surface area contributed by atoms with E-state index < -0.39 is 0 Å². The van der Waals surface area contributed by atoms with E-state index in [-0.39, 0.29) is 0 Å². The summed E-state index contributed by atoms with van der Waals surface area (Å²) in [4.78, 5) is 4.81. The zero-order valence-electron chi connectivity index (χ0n) is 10.5. The first-order chi connectivity index (χ1) is 8.70. The van der Waals surface area contributed by atoms with Crippen LogP contribution in [-0.2, 0) is 13.0 Å². The van der Waals surface area contributed by atoms with E-state index in [0.717, 1.165) is 30.8 Å². The largest absolute Gasteiger partial charge is 0.389 e. The molecule has 0 unspecified atom stereocenters. The van der Waals surface area contributed by atoms with Gasteiger partial charge in [-0.3, -0.25) is 0 Å². The van der Waals surface area contributed by atoms with Gasteiger partial charge in [0.05, 0.1) is 0 Å². The molecule has 0 aliphatic rings. The SMILES string of the molecule is CCCc1nccn1Cc1ccc(C(N)=S)cc1. The van der Waals surface area contributed by atoms with Gasteiger partial charge in [0.25, 0.3) is 0 Å². The molecule has 0 radical (unpaired) electrons. The zero-order valence-corrected chi connectivity index (χ0v) is 11.3. The summed E-state index contributed by atoms with van der Waals surface area (Å²) in [6, 6.07) is 8.05. The van der Waals surface area contributed by atoms with E-state index in [2.05, 4.69) is 28.6 Å². The predicted molar refractivity (Wildman–Crippen MR) is 77.7 cm³/mol. The highest BCUT2D eigenvalue weighted by Gasteiger charge is 2.03. The minimum Gasteiger partial charge on any atom is -0.389 e. The van der Waals surface area contributed by atoms with Crippen molar-refractivity contribution in [1.29, 1.82) is 0 Å². The summed E-state index contributed by atoms with van der Waals surface area (Å²) in [6.07, 6.45) is 6.00. The highest BCUT2D eigenvalue weighted by Crippen LogP contribution is 2.09. The minimum atomic E-state index is 0.441. The van der Waals surface area contributed by atoms with Crippen LogP contribution in [0, 0.1) is 0 Å². The van der Waals surface area contributed by atoms with Crippen molar-refractivity contribution in [2.45, 2.75) is 26.3 Å². The third-order valence-electron chi connectivity index (χ3n) is 2.87. The molecule has 0 saturated heterocycles. The lowest BCUT2D eigenvalue weighted by Crippen LogP contribution is -2.09. The quantitative estimate of drug-likeness (QED) is 0.839. The Morgan fingerprint density at radius 2 is 2.06 bits per heavy atom. The first-order valence-corrected chi connectivity index (χ1v) is 6.50. The van der Waals surface area contributed by atoms with Crippen molar-refractivity contribution < 1.29 is 0 Å². The summed E-state index contributed by atoms with van der Waals surface area (Å²) in [5, 5.41) is 0.